The van der Waals surface area contributed by atoms with E-state index in [1.54, 1.807) is 13.0 Å². The van der Waals surface area contributed by atoms with Gasteiger partial charge in [-0.25, -0.2) is 9.78 Å². The highest BCUT2D eigenvalue weighted by Crippen LogP contribution is 2.30. The summed E-state index contributed by atoms with van der Waals surface area (Å²) >= 11 is 1.01. The summed E-state index contributed by atoms with van der Waals surface area (Å²) in [6.07, 6.45) is 3.57. The fourth-order valence-corrected chi connectivity index (χ4v) is 4.36. The van der Waals surface area contributed by atoms with Crippen molar-refractivity contribution in [1.29, 1.82) is 0 Å². The molecule has 0 atom stereocenters. The van der Waals surface area contributed by atoms with E-state index in [1.165, 1.54) is 0 Å². The van der Waals surface area contributed by atoms with Crippen LogP contribution < -0.4 is 10.3 Å². The standard InChI is InChI=1S/C22H18N2O4S/c1-3-28-16-10-8-13-6-4-5-7-14(13)15(16)9-11-17-23-20(25)18-12(2)19(22(26)27)29-21(18)24-17/h4-11H,3H2,1-2H3,(H,26,27)(H,23,24,25)/b11-9+. The maximum Gasteiger partial charge on any atom is 0.346 e. The average Bonchev–Trinajstić information content (AvgIpc) is 3.04. The molecule has 0 spiro atoms. The number of aromatic carboxylic acids is 1. The van der Waals surface area contributed by atoms with Crippen molar-refractivity contribution in [1.82, 2.24) is 9.97 Å². The van der Waals surface area contributed by atoms with Crippen LogP contribution in [0.5, 0.6) is 5.75 Å². The average molecular weight is 406 g/mol. The number of carboxylic acid groups (broad SMARTS) is 1. The lowest BCUT2D eigenvalue weighted by Crippen LogP contribution is -2.09. The Morgan fingerprint density at radius 1 is 1.24 bits per heavy atom. The normalized spacial score (nSPS) is 11.5. The van der Waals surface area contributed by atoms with Gasteiger partial charge in [-0.05, 0) is 48.4 Å². The van der Waals surface area contributed by atoms with Gasteiger partial charge in [-0.1, -0.05) is 30.3 Å². The Kier molecular flexibility index (Phi) is 4.90. The zero-order valence-corrected chi connectivity index (χ0v) is 16.7. The molecule has 29 heavy (non-hydrogen) atoms. The lowest BCUT2D eigenvalue weighted by atomic mass is 10.0. The van der Waals surface area contributed by atoms with E-state index < -0.39 is 5.97 Å². The van der Waals surface area contributed by atoms with E-state index in [0.717, 1.165) is 33.4 Å². The predicted octanol–water partition coefficient (Wildman–Crippen LogP) is 4.71. The SMILES string of the molecule is CCOc1ccc2ccccc2c1/C=C/c1nc2sc(C(=O)O)c(C)c2c(=O)[nH]1. The molecule has 0 aliphatic heterocycles. The number of hydrogen-bond acceptors (Lipinski definition) is 5. The molecule has 0 unspecified atom stereocenters. The number of carbonyl (C=O) groups is 1. The zero-order chi connectivity index (χ0) is 20.5. The number of H-pyrrole nitrogens is 1. The zero-order valence-electron chi connectivity index (χ0n) is 15.9. The summed E-state index contributed by atoms with van der Waals surface area (Å²) in [5.41, 5.74) is 0.981. The fourth-order valence-electron chi connectivity index (χ4n) is 3.33. The van der Waals surface area contributed by atoms with Crippen molar-refractivity contribution in [2.24, 2.45) is 0 Å². The predicted molar refractivity (Wildman–Crippen MR) is 116 cm³/mol. The molecule has 2 aromatic heterocycles. The Morgan fingerprint density at radius 3 is 2.79 bits per heavy atom. The molecule has 2 N–H and O–H groups in total. The Morgan fingerprint density at radius 2 is 2.03 bits per heavy atom. The number of ether oxygens (including phenoxy) is 1. The van der Waals surface area contributed by atoms with Crippen molar-refractivity contribution in [3.05, 3.63) is 68.6 Å². The quantitative estimate of drug-likeness (QED) is 0.501. The van der Waals surface area contributed by atoms with E-state index in [9.17, 15) is 14.7 Å². The number of carboxylic acids is 1. The van der Waals surface area contributed by atoms with Crippen LogP contribution in [0.15, 0.2) is 41.2 Å². The van der Waals surface area contributed by atoms with Crippen LogP contribution >= 0.6 is 11.3 Å². The Labute approximate surface area is 170 Å². The van der Waals surface area contributed by atoms with Gasteiger partial charge >= 0.3 is 5.97 Å². The summed E-state index contributed by atoms with van der Waals surface area (Å²) < 4.78 is 5.77. The fraction of sp³-hybridized carbons (Fsp3) is 0.136. The minimum absolute atomic E-state index is 0.131. The lowest BCUT2D eigenvalue weighted by molar-refractivity contribution is 0.0701. The van der Waals surface area contributed by atoms with Gasteiger partial charge in [0.1, 0.15) is 21.3 Å². The summed E-state index contributed by atoms with van der Waals surface area (Å²) in [6, 6.07) is 11.9. The minimum atomic E-state index is -1.06. The van der Waals surface area contributed by atoms with E-state index in [0.29, 0.717) is 28.2 Å². The van der Waals surface area contributed by atoms with Gasteiger partial charge in [-0.2, -0.15) is 0 Å². The molecule has 0 aliphatic carbocycles. The van der Waals surface area contributed by atoms with Crippen molar-refractivity contribution in [3.8, 4) is 5.75 Å². The summed E-state index contributed by atoms with van der Waals surface area (Å²) in [5, 5.41) is 11.7. The van der Waals surface area contributed by atoms with Crippen LogP contribution in [0.1, 0.15) is 33.5 Å². The Bertz CT molecular complexity index is 1330. The van der Waals surface area contributed by atoms with E-state index in [-0.39, 0.29) is 10.4 Å². The molecule has 2 aromatic carbocycles. The number of rotatable bonds is 5. The van der Waals surface area contributed by atoms with Crippen molar-refractivity contribution in [2.45, 2.75) is 13.8 Å². The van der Waals surface area contributed by atoms with Crippen LogP contribution in [0.2, 0.25) is 0 Å². The van der Waals surface area contributed by atoms with Gasteiger partial charge in [0, 0.05) is 5.56 Å². The number of aryl methyl sites for hydroxylation is 1. The van der Waals surface area contributed by atoms with E-state index >= 15 is 0 Å². The van der Waals surface area contributed by atoms with Crippen molar-refractivity contribution in [3.63, 3.8) is 0 Å². The minimum Gasteiger partial charge on any atom is -0.493 e. The first-order valence-electron chi connectivity index (χ1n) is 9.09. The van der Waals surface area contributed by atoms with Gasteiger partial charge in [0.05, 0.1) is 12.0 Å². The monoisotopic (exact) mass is 406 g/mol. The van der Waals surface area contributed by atoms with Crippen molar-refractivity contribution in [2.75, 3.05) is 6.61 Å². The first-order valence-corrected chi connectivity index (χ1v) is 9.90. The number of thiophene rings is 1. The molecule has 146 valence electrons. The third-order valence-corrected chi connectivity index (χ3v) is 5.83. The molecular formula is C22H18N2O4S. The molecule has 0 radical (unpaired) electrons. The van der Waals surface area contributed by atoms with Crippen LogP contribution in [-0.4, -0.2) is 27.7 Å². The third-order valence-electron chi connectivity index (χ3n) is 4.65. The van der Waals surface area contributed by atoms with Gasteiger partial charge in [0.25, 0.3) is 5.56 Å². The molecule has 2 heterocycles. The number of aromatic amines is 1. The summed E-state index contributed by atoms with van der Waals surface area (Å²) in [5.74, 6) is 0.0428. The maximum atomic E-state index is 12.5. The van der Waals surface area contributed by atoms with Gasteiger partial charge in [0.2, 0.25) is 0 Å². The highest BCUT2D eigenvalue weighted by Gasteiger charge is 2.18. The lowest BCUT2D eigenvalue weighted by Gasteiger charge is -2.10. The molecule has 0 saturated heterocycles. The van der Waals surface area contributed by atoms with Gasteiger partial charge < -0.3 is 14.8 Å². The molecule has 0 bridgehead atoms. The number of nitrogens with one attached hydrogen (secondary N) is 1. The molecule has 6 nitrogen and oxygen atoms in total. The summed E-state index contributed by atoms with van der Waals surface area (Å²) in [7, 11) is 0. The summed E-state index contributed by atoms with van der Waals surface area (Å²) in [6.45, 7) is 4.08. The van der Waals surface area contributed by atoms with Crippen molar-refractivity contribution < 1.29 is 14.6 Å². The van der Waals surface area contributed by atoms with Crippen LogP contribution in [0.4, 0.5) is 0 Å². The Hall–Kier alpha value is -3.45. The van der Waals surface area contributed by atoms with E-state index in [2.05, 4.69) is 9.97 Å². The number of fused-ring (bicyclic) bond motifs is 2. The number of nitrogens with zero attached hydrogens (tertiary/aromatic N) is 1. The molecular weight excluding hydrogens is 388 g/mol. The highest BCUT2D eigenvalue weighted by molar-refractivity contribution is 7.20. The number of aromatic nitrogens is 2. The smallest absolute Gasteiger partial charge is 0.346 e. The second kappa shape index (κ2) is 7.52. The van der Waals surface area contributed by atoms with Crippen LogP contribution in [0.25, 0.3) is 33.1 Å². The van der Waals surface area contributed by atoms with Crippen LogP contribution in [-0.2, 0) is 0 Å². The van der Waals surface area contributed by atoms with Crippen molar-refractivity contribution >= 4 is 50.4 Å². The molecule has 4 rings (SSSR count). The maximum absolute atomic E-state index is 12.5. The van der Waals surface area contributed by atoms with Crippen LogP contribution in [0.3, 0.4) is 0 Å². The van der Waals surface area contributed by atoms with E-state index in [1.807, 2.05) is 49.4 Å². The highest BCUT2D eigenvalue weighted by atomic mass is 32.1. The van der Waals surface area contributed by atoms with Crippen LogP contribution in [0, 0.1) is 6.92 Å². The first kappa shape index (κ1) is 18.9. The largest absolute Gasteiger partial charge is 0.493 e. The summed E-state index contributed by atoms with van der Waals surface area (Å²) in [4.78, 5) is 31.6. The second-order valence-electron chi connectivity index (χ2n) is 6.46. The molecule has 0 aliphatic rings. The van der Waals surface area contributed by atoms with E-state index in [4.69, 9.17) is 4.74 Å². The van der Waals surface area contributed by atoms with Gasteiger partial charge in [-0.3, -0.25) is 4.79 Å². The topological polar surface area (TPSA) is 92.3 Å². The van der Waals surface area contributed by atoms with Gasteiger partial charge in [-0.15, -0.1) is 11.3 Å². The molecule has 0 saturated carbocycles. The molecule has 0 amide bonds. The third kappa shape index (κ3) is 3.40. The Balaban J connectivity index is 1.84. The van der Waals surface area contributed by atoms with Gasteiger partial charge in [0.15, 0.2) is 0 Å². The molecule has 0 fully saturated rings. The number of benzene rings is 2. The molecule has 4 aromatic rings. The molecule has 7 heteroatoms. The second-order valence-corrected chi connectivity index (χ2v) is 7.46. The first-order chi connectivity index (χ1) is 14.0. The number of hydrogen-bond donors (Lipinski definition) is 2.